The number of aromatic nitrogens is 1. The molecule has 0 amide bonds. The van der Waals surface area contributed by atoms with Crippen molar-refractivity contribution in [2.45, 2.75) is 31.4 Å². The third-order valence-corrected chi connectivity index (χ3v) is 5.28. The van der Waals surface area contributed by atoms with Crippen molar-refractivity contribution in [2.24, 2.45) is 5.92 Å². The SMILES string of the molecule is O=[S@](Cc1cc(-c2ccccc2)no1)CC1CCCC1. The standard InChI is InChI=1S/C16H19NO2S/c18-20(11-13-6-4-5-7-13)12-15-10-16(17-19-15)14-8-2-1-3-9-14/h1-3,8-10,13H,4-7,11-12H2/t20-/m0/s1. The first kappa shape index (κ1) is 13.6. The molecule has 1 saturated carbocycles. The monoisotopic (exact) mass is 289 g/mol. The Labute approximate surface area is 121 Å². The van der Waals surface area contributed by atoms with Gasteiger partial charge in [-0.15, -0.1) is 0 Å². The number of hydrogen-bond acceptors (Lipinski definition) is 3. The summed E-state index contributed by atoms with van der Waals surface area (Å²) in [7, 11) is -0.838. The number of rotatable bonds is 5. The Bertz CT molecular complexity index is 573. The Morgan fingerprint density at radius 1 is 1.20 bits per heavy atom. The molecule has 1 aliphatic rings. The molecule has 1 heterocycles. The first-order chi connectivity index (χ1) is 9.81. The molecule has 1 atom stereocenters. The van der Waals surface area contributed by atoms with Gasteiger partial charge in [-0.2, -0.15) is 0 Å². The first-order valence-electron chi connectivity index (χ1n) is 7.17. The highest BCUT2D eigenvalue weighted by molar-refractivity contribution is 7.84. The summed E-state index contributed by atoms with van der Waals surface area (Å²) in [4.78, 5) is 0. The molecule has 0 spiro atoms. The molecule has 3 rings (SSSR count). The topological polar surface area (TPSA) is 43.1 Å². The van der Waals surface area contributed by atoms with E-state index in [0.717, 1.165) is 22.8 Å². The zero-order valence-corrected chi connectivity index (χ0v) is 12.3. The molecule has 106 valence electrons. The third kappa shape index (κ3) is 3.37. The lowest BCUT2D eigenvalue weighted by Crippen LogP contribution is -2.09. The van der Waals surface area contributed by atoms with E-state index in [1.54, 1.807) is 0 Å². The van der Waals surface area contributed by atoms with Gasteiger partial charge in [-0.1, -0.05) is 48.3 Å². The summed E-state index contributed by atoms with van der Waals surface area (Å²) in [5.74, 6) is 2.66. The zero-order valence-electron chi connectivity index (χ0n) is 11.5. The fourth-order valence-corrected chi connectivity index (χ4v) is 4.21. The minimum Gasteiger partial charge on any atom is -0.360 e. The molecule has 0 saturated heterocycles. The molecular formula is C16H19NO2S. The second-order valence-electron chi connectivity index (χ2n) is 5.45. The van der Waals surface area contributed by atoms with Gasteiger partial charge in [0.15, 0.2) is 0 Å². The zero-order chi connectivity index (χ0) is 13.8. The molecule has 1 aliphatic carbocycles. The highest BCUT2D eigenvalue weighted by Gasteiger charge is 2.19. The van der Waals surface area contributed by atoms with Crippen LogP contribution in [-0.2, 0) is 16.6 Å². The average Bonchev–Trinajstić information content (AvgIpc) is 3.11. The van der Waals surface area contributed by atoms with E-state index in [1.165, 1.54) is 25.7 Å². The maximum absolute atomic E-state index is 12.1. The molecular weight excluding hydrogens is 270 g/mol. The normalized spacial score (nSPS) is 17.4. The fourth-order valence-electron chi connectivity index (χ4n) is 2.78. The molecule has 1 aromatic heterocycles. The summed E-state index contributed by atoms with van der Waals surface area (Å²) in [6.45, 7) is 0. The summed E-state index contributed by atoms with van der Waals surface area (Å²) in [5, 5.41) is 4.06. The van der Waals surface area contributed by atoms with Crippen LogP contribution < -0.4 is 0 Å². The Balaban J connectivity index is 1.61. The van der Waals surface area contributed by atoms with Gasteiger partial charge in [-0.25, -0.2) is 0 Å². The number of benzene rings is 1. The highest BCUT2D eigenvalue weighted by atomic mass is 32.2. The Hall–Kier alpha value is -1.42. The van der Waals surface area contributed by atoms with Gasteiger partial charge in [0, 0.05) is 28.2 Å². The van der Waals surface area contributed by atoms with Gasteiger partial charge in [-0.05, 0) is 18.8 Å². The molecule has 20 heavy (non-hydrogen) atoms. The molecule has 0 unspecified atom stereocenters. The van der Waals surface area contributed by atoms with Gasteiger partial charge in [0.2, 0.25) is 0 Å². The van der Waals surface area contributed by atoms with Crippen molar-refractivity contribution in [3.05, 3.63) is 42.2 Å². The van der Waals surface area contributed by atoms with Gasteiger partial charge < -0.3 is 4.52 Å². The van der Waals surface area contributed by atoms with Crippen LogP contribution in [-0.4, -0.2) is 15.1 Å². The summed E-state index contributed by atoms with van der Waals surface area (Å²) in [5.41, 5.74) is 1.85. The molecule has 0 bridgehead atoms. The Morgan fingerprint density at radius 2 is 1.95 bits per heavy atom. The molecule has 0 N–H and O–H groups in total. The van der Waals surface area contributed by atoms with Crippen LogP contribution in [0.25, 0.3) is 11.3 Å². The Kier molecular flexibility index (Phi) is 4.31. The van der Waals surface area contributed by atoms with E-state index in [1.807, 2.05) is 36.4 Å². The lowest BCUT2D eigenvalue weighted by Gasteiger charge is -2.06. The van der Waals surface area contributed by atoms with Gasteiger partial charge in [-0.3, -0.25) is 4.21 Å². The lowest BCUT2D eigenvalue weighted by molar-refractivity contribution is 0.396. The van der Waals surface area contributed by atoms with Gasteiger partial charge in [0.1, 0.15) is 11.5 Å². The predicted molar refractivity (Wildman–Crippen MR) is 80.6 cm³/mol. The van der Waals surface area contributed by atoms with E-state index in [-0.39, 0.29) is 0 Å². The molecule has 1 aromatic carbocycles. The van der Waals surface area contributed by atoms with Crippen molar-refractivity contribution in [3.63, 3.8) is 0 Å². The van der Waals surface area contributed by atoms with Crippen LogP contribution in [0.4, 0.5) is 0 Å². The molecule has 2 aromatic rings. The Morgan fingerprint density at radius 3 is 2.70 bits per heavy atom. The highest BCUT2D eigenvalue weighted by Crippen LogP contribution is 2.26. The van der Waals surface area contributed by atoms with Crippen molar-refractivity contribution >= 4 is 10.8 Å². The summed E-state index contributed by atoms with van der Waals surface area (Å²) >= 11 is 0. The van der Waals surface area contributed by atoms with Crippen molar-refractivity contribution in [1.29, 1.82) is 0 Å². The van der Waals surface area contributed by atoms with E-state index >= 15 is 0 Å². The third-order valence-electron chi connectivity index (χ3n) is 3.83. The second kappa shape index (κ2) is 6.35. The van der Waals surface area contributed by atoms with Crippen LogP contribution in [0.1, 0.15) is 31.4 Å². The summed E-state index contributed by atoms with van der Waals surface area (Å²) in [6, 6.07) is 11.8. The molecule has 4 heteroatoms. The van der Waals surface area contributed by atoms with E-state index in [2.05, 4.69) is 5.16 Å². The second-order valence-corrected chi connectivity index (χ2v) is 6.95. The maximum Gasteiger partial charge on any atom is 0.149 e. The van der Waals surface area contributed by atoms with Crippen LogP contribution in [0.3, 0.4) is 0 Å². The molecule has 0 aliphatic heterocycles. The van der Waals surface area contributed by atoms with Crippen LogP contribution in [0.15, 0.2) is 40.9 Å². The van der Waals surface area contributed by atoms with E-state index in [4.69, 9.17) is 4.52 Å². The minimum absolute atomic E-state index is 0.482. The fraction of sp³-hybridized carbons (Fsp3) is 0.438. The van der Waals surface area contributed by atoms with Gasteiger partial charge in [0.05, 0.1) is 5.75 Å². The van der Waals surface area contributed by atoms with Crippen LogP contribution in [0.2, 0.25) is 0 Å². The molecule has 0 radical (unpaired) electrons. The maximum atomic E-state index is 12.1. The van der Waals surface area contributed by atoms with Crippen molar-refractivity contribution in [1.82, 2.24) is 5.16 Å². The minimum atomic E-state index is -0.838. The summed E-state index contributed by atoms with van der Waals surface area (Å²) < 4.78 is 17.4. The van der Waals surface area contributed by atoms with E-state index < -0.39 is 10.8 Å². The van der Waals surface area contributed by atoms with E-state index in [9.17, 15) is 4.21 Å². The number of hydrogen-bond donors (Lipinski definition) is 0. The van der Waals surface area contributed by atoms with Crippen LogP contribution >= 0.6 is 0 Å². The summed E-state index contributed by atoms with van der Waals surface area (Å²) in [6.07, 6.45) is 5.06. The quantitative estimate of drug-likeness (QED) is 0.841. The molecule has 1 fully saturated rings. The van der Waals surface area contributed by atoms with Crippen molar-refractivity contribution in [2.75, 3.05) is 5.75 Å². The largest absolute Gasteiger partial charge is 0.360 e. The van der Waals surface area contributed by atoms with Crippen LogP contribution in [0.5, 0.6) is 0 Å². The average molecular weight is 289 g/mol. The van der Waals surface area contributed by atoms with Gasteiger partial charge >= 0.3 is 0 Å². The first-order valence-corrected chi connectivity index (χ1v) is 8.66. The van der Waals surface area contributed by atoms with Crippen molar-refractivity contribution < 1.29 is 8.73 Å². The smallest absolute Gasteiger partial charge is 0.149 e. The van der Waals surface area contributed by atoms with Crippen molar-refractivity contribution in [3.8, 4) is 11.3 Å². The van der Waals surface area contributed by atoms with Crippen LogP contribution in [0, 0.1) is 5.92 Å². The van der Waals surface area contributed by atoms with Gasteiger partial charge in [0.25, 0.3) is 0 Å². The predicted octanol–water partition coefficient (Wildman–Crippen LogP) is 3.78. The molecule has 3 nitrogen and oxygen atoms in total. The van der Waals surface area contributed by atoms with E-state index in [0.29, 0.717) is 11.7 Å². The lowest BCUT2D eigenvalue weighted by atomic mass is 10.1. The number of nitrogens with zero attached hydrogens (tertiary/aromatic N) is 1.